The number of carbonyl (C=O) groups is 1. The first-order valence-corrected chi connectivity index (χ1v) is 9.59. The van der Waals surface area contributed by atoms with E-state index in [1.54, 1.807) is 18.3 Å². The van der Waals surface area contributed by atoms with Crippen molar-refractivity contribution in [3.05, 3.63) is 54.4 Å². The molecule has 7 nitrogen and oxygen atoms in total. The van der Waals surface area contributed by atoms with Crippen LogP contribution >= 0.6 is 11.3 Å². The Hall–Kier alpha value is -2.72. The molecule has 1 amide bonds. The molecule has 3 heterocycles. The average Bonchev–Trinajstić information content (AvgIpc) is 3.03. The van der Waals surface area contributed by atoms with Crippen molar-refractivity contribution in [3.63, 3.8) is 0 Å². The molecule has 3 aromatic rings. The summed E-state index contributed by atoms with van der Waals surface area (Å²) in [6.07, 6.45) is 5.03. The molecular formula is C15H11FN4O3S2. The van der Waals surface area contributed by atoms with E-state index in [1.807, 2.05) is 4.72 Å². The molecule has 3 aromatic heterocycles. The van der Waals surface area contributed by atoms with E-state index in [0.29, 0.717) is 21.1 Å². The zero-order valence-electron chi connectivity index (χ0n) is 12.8. The summed E-state index contributed by atoms with van der Waals surface area (Å²) >= 11 is 1.25. The van der Waals surface area contributed by atoms with Crippen LogP contribution in [0.15, 0.2) is 42.9 Å². The van der Waals surface area contributed by atoms with E-state index < -0.39 is 21.7 Å². The summed E-state index contributed by atoms with van der Waals surface area (Å²) < 4.78 is 37.4. The summed E-state index contributed by atoms with van der Waals surface area (Å²) in [5.41, 5.74) is 0.946. The zero-order chi connectivity index (χ0) is 18.0. The fraction of sp³-hybridized carbons (Fsp3) is 0.0667. The van der Waals surface area contributed by atoms with Crippen molar-refractivity contribution in [2.45, 2.75) is 0 Å². The second-order valence-electron chi connectivity index (χ2n) is 5.03. The lowest BCUT2D eigenvalue weighted by Crippen LogP contribution is -2.30. The molecule has 0 saturated carbocycles. The molecule has 0 atom stereocenters. The summed E-state index contributed by atoms with van der Waals surface area (Å²) in [6, 6.07) is 5.97. The molecule has 0 aromatic carbocycles. The monoisotopic (exact) mass is 378 g/mol. The van der Waals surface area contributed by atoms with Crippen LogP contribution < -0.4 is 4.72 Å². The van der Waals surface area contributed by atoms with E-state index in [-0.39, 0.29) is 5.69 Å². The van der Waals surface area contributed by atoms with Crippen molar-refractivity contribution in [2.24, 2.45) is 0 Å². The normalized spacial score (nSPS) is 11.3. The Morgan fingerprint density at radius 2 is 2.04 bits per heavy atom. The molecule has 0 aliphatic heterocycles. The third kappa shape index (κ3) is 4.22. The van der Waals surface area contributed by atoms with Gasteiger partial charge in [0.15, 0.2) is 0 Å². The average molecular weight is 378 g/mol. The molecule has 0 unspecified atom stereocenters. The minimum absolute atomic E-state index is 0.0368. The third-order valence-corrected chi connectivity index (χ3v) is 4.59. The number of amides is 1. The van der Waals surface area contributed by atoms with Crippen LogP contribution in [-0.2, 0) is 10.0 Å². The standard InChI is InChI=1S/C15H11FN4O3S2/c1-25(22,23)20-14(21)12-4-2-3-11(19-12)13-8-18-15(24-13)9-5-10(16)7-17-6-9/h2-8H,1H3,(H,20,21). The Morgan fingerprint density at radius 3 is 2.76 bits per heavy atom. The predicted octanol–water partition coefficient (Wildman–Crippen LogP) is 2.10. The fourth-order valence-electron chi connectivity index (χ4n) is 1.97. The topological polar surface area (TPSA) is 102 Å². The molecule has 0 saturated heterocycles. The van der Waals surface area contributed by atoms with E-state index in [1.165, 1.54) is 29.7 Å². The van der Waals surface area contributed by atoms with Crippen LogP contribution in [0.5, 0.6) is 0 Å². The minimum Gasteiger partial charge on any atom is -0.266 e. The van der Waals surface area contributed by atoms with E-state index in [9.17, 15) is 17.6 Å². The van der Waals surface area contributed by atoms with Gasteiger partial charge in [0.05, 0.1) is 23.0 Å². The number of nitrogens with zero attached hydrogens (tertiary/aromatic N) is 3. The van der Waals surface area contributed by atoms with Crippen LogP contribution in [0.1, 0.15) is 10.5 Å². The van der Waals surface area contributed by atoms with Gasteiger partial charge in [-0.1, -0.05) is 6.07 Å². The second kappa shape index (κ2) is 6.65. The summed E-state index contributed by atoms with van der Waals surface area (Å²) in [5, 5.41) is 0.551. The van der Waals surface area contributed by atoms with Gasteiger partial charge in [-0.05, 0) is 18.2 Å². The Kier molecular flexibility index (Phi) is 4.55. The van der Waals surface area contributed by atoms with E-state index in [2.05, 4.69) is 15.0 Å². The largest absolute Gasteiger partial charge is 0.283 e. The van der Waals surface area contributed by atoms with Gasteiger partial charge >= 0.3 is 0 Å². The minimum atomic E-state index is -3.68. The quantitative estimate of drug-likeness (QED) is 0.746. The molecular weight excluding hydrogens is 367 g/mol. The summed E-state index contributed by atoms with van der Waals surface area (Å²) in [7, 11) is -3.68. The number of hydrogen-bond acceptors (Lipinski definition) is 7. The van der Waals surface area contributed by atoms with Gasteiger partial charge in [0.2, 0.25) is 10.0 Å². The summed E-state index contributed by atoms with van der Waals surface area (Å²) in [6.45, 7) is 0. The third-order valence-electron chi connectivity index (χ3n) is 2.97. The van der Waals surface area contributed by atoms with Crippen LogP contribution in [0, 0.1) is 5.82 Å². The Morgan fingerprint density at radius 1 is 1.24 bits per heavy atom. The molecule has 25 heavy (non-hydrogen) atoms. The molecule has 3 rings (SSSR count). The predicted molar refractivity (Wildman–Crippen MR) is 90.8 cm³/mol. The van der Waals surface area contributed by atoms with Crippen molar-refractivity contribution in [2.75, 3.05) is 6.26 Å². The maximum absolute atomic E-state index is 13.3. The van der Waals surface area contributed by atoms with Gasteiger partial charge in [-0.15, -0.1) is 11.3 Å². The molecule has 0 radical (unpaired) electrons. The van der Waals surface area contributed by atoms with Gasteiger partial charge in [-0.2, -0.15) is 0 Å². The first-order valence-electron chi connectivity index (χ1n) is 6.88. The SMILES string of the molecule is CS(=O)(=O)NC(=O)c1cccc(-c2cnc(-c3cncc(F)c3)s2)n1. The highest BCUT2D eigenvalue weighted by Gasteiger charge is 2.15. The summed E-state index contributed by atoms with van der Waals surface area (Å²) in [5.74, 6) is -1.28. The maximum Gasteiger partial charge on any atom is 0.283 e. The van der Waals surface area contributed by atoms with Gasteiger partial charge < -0.3 is 0 Å². The second-order valence-corrected chi connectivity index (χ2v) is 7.81. The van der Waals surface area contributed by atoms with Crippen LogP contribution in [0.3, 0.4) is 0 Å². The lowest BCUT2D eigenvalue weighted by atomic mass is 10.2. The number of thiazole rings is 1. The first-order chi connectivity index (χ1) is 11.8. The highest BCUT2D eigenvalue weighted by atomic mass is 32.2. The molecule has 0 fully saturated rings. The van der Waals surface area contributed by atoms with Crippen molar-refractivity contribution < 1.29 is 17.6 Å². The van der Waals surface area contributed by atoms with Gasteiger partial charge in [0, 0.05) is 18.0 Å². The lowest BCUT2D eigenvalue weighted by Gasteiger charge is -2.03. The van der Waals surface area contributed by atoms with Crippen molar-refractivity contribution in [3.8, 4) is 21.1 Å². The number of sulfonamides is 1. The molecule has 128 valence electrons. The Labute approximate surface area is 146 Å². The van der Waals surface area contributed by atoms with Gasteiger partial charge in [0.25, 0.3) is 5.91 Å². The zero-order valence-corrected chi connectivity index (χ0v) is 14.4. The molecule has 0 aliphatic rings. The van der Waals surface area contributed by atoms with Crippen LogP contribution in [0.2, 0.25) is 0 Å². The smallest absolute Gasteiger partial charge is 0.266 e. The molecule has 0 bridgehead atoms. The van der Waals surface area contributed by atoms with Gasteiger partial charge in [0.1, 0.15) is 16.5 Å². The molecule has 0 aliphatic carbocycles. The van der Waals surface area contributed by atoms with Crippen molar-refractivity contribution in [1.29, 1.82) is 0 Å². The molecule has 1 N–H and O–H groups in total. The van der Waals surface area contributed by atoms with Crippen LogP contribution in [0.25, 0.3) is 21.1 Å². The number of halogens is 1. The number of aromatic nitrogens is 3. The van der Waals surface area contributed by atoms with Crippen molar-refractivity contribution in [1.82, 2.24) is 19.7 Å². The van der Waals surface area contributed by atoms with Crippen LogP contribution in [-0.4, -0.2) is 35.5 Å². The van der Waals surface area contributed by atoms with E-state index in [4.69, 9.17) is 0 Å². The van der Waals surface area contributed by atoms with E-state index >= 15 is 0 Å². The number of rotatable bonds is 4. The van der Waals surface area contributed by atoms with Crippen LogP contribution in [0.4, 0.5) is 4.39 Å². The number of carbonyl (C=O) groups excluding carboxylic acids is 1. The maximum atomic E-state index is 13.3. The van der Waals surface area contributed by atoms with Crippen molar-refractivity contribution >= 4 is 27.3 Å². The Balaban J connectivity index is 1.91. The highest BCUT2D eigenvalue weighted by molar-refractivity contribution is 7.89. The summed E-state index contributed by atoms with van der Waals surface area (Å²) in [4.78, 5) is 24.7. The Bertz CT molecular complexity index is 1050. The number of nitrogens with one attached hydrogen (secondary N) is 1. The first kappa shape index (κ1) is 17.1. The highest BCUT2D eigenvalue weighted by Crippen LogP contribution is 2.31. The van der Waals surface area contributed by atoms with Gasteiger partial charge in [-0.3, -0.25) is 9.78 Å². The lowest BCUT2D eigenvalue weighted by molar-refractivity contribution is 0.0977. The fourth-order valence-corrected chi connectivity index (χ4v) is 3.28. The number of hydrogen-bond donors (Lipinski definition) is 1. The molecule has 10 heteroatoms. The van der Waals surface area contributed by atoms with Gasteiger partial charge in [-0.25, -0.2) is 27.5 Å². The number of pyridine rings is 2. The van der Waals surface area contributed by atoms with E-state index in [0.717, 1.165) is 12.5 Å². The molecule has 0 spiro atoms.